The zero-order chi connectivity index (χ0) is 26.7. The summed E-state index contributed by atoms with van der Waals surface area (Å²) in [7, 11) is 3.53. The number of rotatable bonds is 6. The normalized spacial score (nSPS) is 13.6. The lowest BCUT2D eigenvalue weighted by Crippen LogP contribution is -2.20. The van der Waals surface area contributed by atoms with E-state index in [-0.39, 0.29) is 6.42 Å². The minimum atomic E-state index is -4.33. The van der Waals surface area contributed by atoms with Crippen molar-refractivity contribution in [1.82, 2.24) is 34.3 Å². The molecule has 11 heteroatoms. The lowest BCUT2D eigenvalue weighted by atomic mass is 10.00. The maximum Gasteiger partial charge on any atom is 0.389 e. The molecule has 1 N–H and O–H groups in total. The van der Waals surface area contributed by atoms with E-state index in [1.807, 2.05) is 47.9 Å². The number of halogens is 3. The largest absolute Gasteiger partial charge is 0.389 e. The molecule has 1 aromatic carbocycles. The van der Waals surface area contributed by atoms with Gasteiger partial charge in [0.2, 0.25) is 0 Å². The molecule has 0 aliphatic rings. The number of pyridine rings is 1. The van der Waals surface area contributed by atoms with Crippen molar-refractivity contribution in [3.63, 3.8) is 0 Å². The molecule has 0 saturated heterocycles. The van der Waals surface area contributed by atoms with Crippen molar-refractivity contribution in [2.24, 2.45) is 14.1 Å². The second kappa shape index (κ2) is 8.69. The number of hydrogen-bond donors (Lipinski definition) is 1. The van der Waals surface area contributed by atoms with Crippen LogP contribution in [0.1, 0.15) is 49.7 Å². The van der Waals surface area contributed by atoms with Gasteiger partial charge in [0.15, 0.2) is 0 Å². The minimum absolute atomic E-state index is 0.191. The van der Waals surface area contributed by atoms with E-state index in [1.54, 1.807) is 43.5 Å². The van der Waals surface area contributed by atoms with Gasteiger partial charge in [0.1, 0.15) is 22.3 Å². The van der Waals surface area contributed by atoms with E-state index in [2.05, 4.69) is 15.4 Å². The average Bonchev–Trinajstić information content (AvgIpc) is 3.45. The van der Waals surface area contributed by atoms with Gasteiger partial charge in [0.05, 0.1) is 28.5 Å². The summed E-state index contributed by atoms with van der Waals surface area (Å²) >= 11 is 0. The fourth-order valence-electron chi connectivity index (χ4n) is 5.09. The van der Waals surface area contributed by atoms with Crippen molar-refractivity contribution in [1.29, 1.82) is 0 Å². The molecule has 0 bridgehead atoms. The van der Waals surface area contributed by atoms with Crippen LogP contribution in [0.25, 0.3) is 33.3 Å². The lowest BCUT2D eigenvalue weighted by molar-refractivity contribution is -0.136. The zero-order valence-corrected chi connectivity index (χ0v) is 21.2. The Labute approximate surface area is 211 Å². The van der Waals surface area contributed by atoms with Crippen molar-refractivity contribution >= 4 is 22.1 Å². The number of benzene rings is 1. The summed E-state index contributed by atoms with van der Waals surface area (Å²) in [6.45, 7) is 5.08. The van der Waals surface area contributed by atoms with Crippen molar-refractivity contribution in [2.75, 3.05) is 0 Å². The van der Waals surface area contributed by atoms with Crippen molar-refractivity contribution < 1.29 is 18.3 Å². The Bertz CT molecular complexity index is 1570. The molecule has 0 saturated carbocycles. The zero-order valence-electron chi connectivity index (χ0n) is 21.2. The van der Waals surface area contributed by atoms with Gasteiger partial charge in [-0.25, -0.2) is 4.68 Å². The van der Waals surface area contributed by atoms with Crippen LogP contribution in [0.5, 0.6) is 0 Å². The molecule has 0 amide bonds. The first-order valence-electron chi connectivity index (χ1n) is 11.9. The fourth-order valence-corrected chi connectivity index (χ4v) is 5.09. The van der Waals surface area contributed by atoms with Crippen LogP contribution in [0.15, 0.2) is 42.6 Å². The molecule has 4 heterocycles. The number of aryl methyl sites for hydroxylation is 3. The third-order valence-corrected chi connectivity index (χ3v) is 6.66. The van der Waals surface area contributed by atoms with Crippen molar-refractivity contribution in [3.05, 3.63) is 59.5 Å². The highest BCUT2D eigenvalue weighted by Crippen LogP contribution is 2.41. The number of aromatic nitrogens is 7. The van der Waals surface area contributed by atoms with Crippen LogP contribution in [0.2, 0.25) is 0 Å². The highest BCUT2D eigenvalue weighted by atomic mass is 19.4. The molecule has 8 nitrogen and oxygen atoms in total. The number of hydrogen-bond acceptors (Lipinski definition) is 5. The summed E-state index contributed by atoms with van der Waals surface area (Å²) in [6.07, 6.45) is -3.78. The van der Waals surface area contributed by atoms with Crippen LogP contribution in [0.3, 0.4) is 0 Å². The molecule has 4 aromatic heterocycles. The van der Waals surface area contributed by atoms with Crippen LogP contribution < -0.4 is 0 Å². The molecule has 194 valence electrons. The molecule has 0 radical (unpaired) electrons. The summed E-state index contributed by atoms with van der Waals surface area (Å²) in [6, 6.07) is 10.3. The molecular weight excluding hydrogens is 483 g/mol. The van der Waals surface area contributed by atoms with Crippen LogP contribution >= 0.6 is 0 Å². The minimum Gasteiger partial charge on any atom is -0.384 e. The van der Waals surface area contributed by atoms with Crippen LogP contribution in [0.4, 0.5) is 13.2 Å². The molecule has 0 fully saturated rings. The van der Waals surface area contributed by atoms with E-state index in [1.165, 1.54) is 0 Å². The van der Waals surface area contributed by atoms with E-state index in [0.717, 1.165) is 16.8 Å². The Hall–Kier alpha value is -3.73. The summed E-state index contributed by atoms with van der Waals surface area (Å²) in [5, 5.41) is 23.8. The first-order chi connectivity index (χ1) is 17.4. The Balaban J connectivity index is 1.89. The van der Waals surface area contributed by atoms with Gasteiger partial charge in [0, 0.05) is 32.3 Å². The predicted octanol–water partition coefficient (Wildman–Crippen LogP) is 5.19. The number of fused-ring (bicyclic) bond motifs is 3. The third-order valence-electron chi connectivity index (χ3n) is 6.66. The smallest absolute Gasteiger partial charge is 0.384 e. The Morgan fingerprint density at radius 3 is 2.32 bits per heavy atom. The molecule has 0 aliphatic carbocycles. The molecule has 0 aliphatic heterocycles. The van der Waals surface area contributed by atoms with Gasteiger partial charge in [0.25, 0.3) is 0 Å². The van der Waals surface area contributed by atoms with Crippen molar-refractivity contribution in [3.8, 4) is 11.3 Å². The molecule has 1 atom stereocenters. The fraction of sp³-hybridized carbons (Fsp3) is 0.385. The second-order valence-electron chi connectivity index (χ2n) is 9.92. The SMILES string of the molecule is Cc1nnn(C)c1-c1cnc2c3c(c(C(C)(C)O)nn3C)n(C(CCC(F)(F)F)c3ccccc3)c2c1. The summed E-state index contributed by atoms with van der Waals surface area (Å²) in [4.78, 5) is 4.75. The second-order valence-corrected chi connectivity index (χ2v) is 9.92. The number of alkyl halides is 3. The highest BCUT2D eigenvalue weighted by molar-refractivity contribution is 6.06. The van der Waals surface area contributed by atoms with E-state index >= 15 is 0 Å². The Morgan fingerprint density at radius 2 is 1.73 bits per heavy atom. The van der Waals surface area contributed by atoms with E-state index in [0.29, 0.717) is 33.5 Å². The molecule has 37 heavy (non-hydrogen) atoms. The molecule has 0 spiro atoms. The predicted molar refractivity (Wildman–Crippen MR) is 134 cm³/mol. The quantitative estimate of drug-likeness (QED) is 0.339. The topological polar surface area (TPSA) is 86.6 Å². The number of aliphatic hydroxyl groups is 1. The van der Waals surface area contributed by atoms with Gasteiger partial charge in [-0.2, -0.15) is 18.3 Å². The Morgan fingerprint density at radius 1 is 1.03 bits per heavy atom. The lowest BCUT2D eigenvalue weighted by Gasteiger charge is -2.24. The van der Waals surface area contributed by atoms with E-state index in [4.69, 9.17) is 4.98 Å². The number of nitrogens with zero attached hydrogens (tertiary/aromatic N) is 7. The first-order valence-corrected chi connectivity index (χ1v) is 11.9. The summed E-state index contributed by atoms with van der Waals surface area (Å²) in [5.41, 5.74) is 4.39. The van der Waals surface area contributed by atoms with Crippen molar-refractivity contribution in [2.45, 2.75) is 51.4 Å². The summed E-state index contributed by atoms with van der Waals surface area (Å²) < 4.78 is 45.7. The van der Waals surface area contributed by atoms with Crippen LogP contribution in [0, 0.1) is 6.92 Å². The molecular formula is C26H28F3N7O. The first kappa shape index (κ1) is 24.9. The van der Waals surface area contributed by atoms with E-state index in [9.17, 15) is 18.3 Å². The standard InChI is InChI=1S/C26H28F3N7O/c1-15-21(35(5)33-31-15)17-13-19-20(30-14-17)22-23(24(25(2,3)37)32-34(22)4)36(19)18(11-12-26(27,28)29)16-9-7-6-8-10-16/h6-10,13-14,18,37H,11-12H2,1-5H3. The van der Waals surface area contributed by atoms with E-state index < -0.39 is 24.2 Å². The van der Waals surface area contributed by atoms with Gasteiger partial charge in [-0.15, -0.1) is 5.10 Å². The third kappa shape index (κ3) is 4.37. The Kier molecular flexibility index (Phi) is 5.86. The molecule has 5 aromatic rings. The highest BCUT2D eigenvalue weighted by Gasteiger charge is 2.34. The molecule has 1 unspecified atom stereocenters. The van der Waals surface area contributed by atoms with Gasteiger partial charge in [-0.3, -0.25) is 9.67 Å². The van der Waals surface area contributed by atoms with Gasteiger partial charge >= 0.3 is 6.18 Å². The van der Waals surface area contributed by atoms with Crippen LogP contribution in [-0.4, -0.2) is 45.6 Å². The van der Waals surface area contributed by atoms with Gasteiger partial charge in [-0.05, 0) is 38.8 Å². The van der Waals surface area contributed by atoms with Gasteiger partial charge < -0.3 is 9.67 Å². The molecule has 5 rings (SSSR count). The van der Waals surface area contributed by atoms with Crippen LogP contribution in [-0.2, 0) is 19.7 Å². The van der Waals surface area contributed by atoms with Gasteiger partial charge in [-0.1, -0.05) is 35.5 Å². The maximum absolute atomic E-state index is 13.5. The monoisotopic (exact) mass is 511 g/mol. The average molecular weight is 512 g/mol. The maximum atomic E-state index is 13.5. The summed E-state index contributed by atoms with van der Waals surface area (Å²) in [5.74, 6) is 0.